The minimum absolute atomic E-state index is 0.0755. The number of hydrogen-bond acceptors (Lipinski definition) is 8. The molecule has 4 aliphatic rings. The third-order valence-electron chi connectivity index (χ3n) is 8.26. The van der Waals surface area contributed by atoms with Gasteiger partial charge in [-0.15, -0.1) is 0 Å². The first kappa shape index (κ1) is 20.9. The fraction of sp³-hybridized carbons (Fsp3) is 0.500. The quantitative estimate of drug-likeness (QED) is 0.427. The van der Waals surface area contributed by atoms with E-state index >= 15 is 0 Å². The van der Waals surface area contributed by atoms with Gasteiger partial charge in [0.15, 0.2) is 0 Å². The van der Waals surface area contributed by atoms with Crippen molar-refractivity contribution in [3.05, 3.63) is 42.0 Å². The van der Waals surface area contributed by atoms with Crippen LogP contribution >= 0.6 is 0 Å². The molecule has 168 valence electrons. The van der Waals surface area contributed by atoms with Gasteiger partial charge < -0.3 is 19.3 Å². The number of benzene rings is 1. The minimum Gasteiger partial charge on any atom is -0.464 e. The van der Waals surface area contributed by atoms with E-state index in [1.54, 1.807) is 32.1 Å². The van der Waals surface area contributed by atoms with Gasteiger partial charge in [0.25, 0.3) is 0 Å². The molecule has 2 aliphatic carbocycles. The first-order chi connectivity index (χ1) is 15.2. The first-order valence-electron chi connectivity index (χ1n) is 10.7. The molecule has 0 radical (unpaired) electrons. The van der Waals surface area contributed by atoms with Gasteiger partial charge in [0, 0.05) is 24.3 Å². The lowest BCUT2D eigenvalue weighted by Crippen LogP contribution is -2.80. The van der Waals surface area contributed by atoms with E-state index in [-0.39, 0.29) is 25.2 Å². The Morgan fingerprint density at radius 1 is 1.19 bits per heavy atom. The van der Waals surface area contributed by atoms with Crippen LogP contribution in [0.15, 0.2) is 36.4 Å². The van der Waals surface area contributed by atoms with E-state index in [1.165, 1.54) is 6.08 Å². The molecular formula is C24H24O8. The summed E-state index contributed by atoms with van der Waals surface area (Å²) in [7, 11) is 0. The average Bonchev–Trinajstić information content (AvgIpc) is 2.95. The molecule has 1 aromatic rings. The van der Waals surface area contributed by atoms with Crippen molar-refractivity contribution in [3.8, 4) is 0 Å². The Bertz CT molecular complexity index is 1050. The summed E-state index contributed by atoms with van der Waals surface area (Å²) in [6.45, 7) is 3.26. The van der Waals surface area contributed by atoms with Crippen molar-refractivity contribution in [1.29, 1.82) is 0 Å². The molecule has 32 heavy (non-hydrogen) atoms. The van der Waals surface area contributed by atoms with Crippen LogP contribution < -0.4 is 0 Å². The lowest BCUT2D eigenvalue weighted by atomic mass is 9.43. The van der Waals surface area contributed by atoms with Gasteiger partial charge in [-0.3, -0.25) is 9.59 Å². The fourth-order valence-corrected chi connectivity index (χ4v) is 6.38. The van der Waals surface area contributed by atoms with Crippen LogP contribution in [0.1, 0.15) is 32.3 Å². The molecule has 2 saturated carbocycles. The Balaban J connectivity index is 1.55. The Hall–Kier alpha value is -3.00. The third-order valence-corrected chi connectivity index (χ3v) is 8.26. The molecule has 7 atom stereocenters. The third kappa shape index (κ3) is 2.36. The lowest BCUT2D eigenvalue weighted by Gasteiger charge is -2.66. The zero-order chi connectivity index (χ0) is 22.9. The van der Waals surface area contributed by atoms with Gasteiger partial charge in [-0.1, -0.05) is 44.2 Å². The van der Waals surface area contributed by atoms with Crippen LogP contribution in [-0.4, -0.2) is 53.2 Å². The average molecular weight is 440 g/mol. The van der Waals surface area contributed by atoms with Crippen molar-refractivity contribution in [3.63, 3.8) is 0 Å². The molecule has 5 rings (SSSR count). The highest BCUT2D eigenvalue weighted by Crippen LogP contribution is 2.70. The Morgan fingerprint density at radius 2 is 1.91 bits per heavy atom. The molecule has 0 unspecified atom stereocenters. The van der Waals surface area contributed by atoms with Crippen LogP contribution in [0, 0.1) is 22.7 Å². The summed E-state index contributed by atoms with van der Waals surface area (Å²) in [4.78, 5) is 51.3. The summed E-state index contributed by atoms with van der Waals surface area (Å²) in [5.74, 6) is -3.86. The van der Waals surface area contributed by atoms with Gasteiger partial charge in [0.05, 0.1) is 5.41 Å². The van der Waals surface area contributed by atoms with Crippen LogP contribution in [0.3, 0.4) is 0 Å². The zero-order valence-corrected chi connectivity index (χ0v) is 17.8. The molecule has 2 aliphatic heterocycles. The highest BCUT2D eigenvalue weighted by Gasteiger charge is 2.85. The number of ether oxygens (including phenoxy) is 3. The number of cyclic esters (lactones) is 1. The van der Waals surface area contributed by atoms with Crippen molar-refractivity contribution in [2.75, 3.05) is 6.61 Å². The van der Waals surface area contributed by atoms with Crippen molar-refractivity contribution in [1.82, 2.24) is 0 Å². The predicted octanol–water partition coefficient (Wildman–Crippen LogP) is 1.45. The van der Waals surface area contributed by atoms with Gasteiger partial charge >= 0.3 is 17.9 Å². The summed E-state index contributed by atoms with van der Waals surface area (Å²) in [5, 5.41) is 12.0. The number of Topliss-reactive ketones (excluding diaryl/α,β-unsaturated/α-hetero) is 1. The summed E-state index contributed by atoms with van der Waals surface area (Å²) < 4.78 is 16.2. The maximum Gasteiger partial charge on any atom is 0.348 e. The van der Waals surface area contributed by atoms with Gasteiger partial charge in [0.1, 0.15) is 29.5 Å². The molecule has 0 aromatic heterocycles. The molecule has 2 saturated heterocycles. The van der Waals surface area contributed by atoms with E-state index in [0.717, 1.165) is 5.56 Å². The number of esters is 3. The molecular weight excluding hydrogens is 416 g/mol. The second-order valence-corrected chi connectivity index (χ2v) is 9.34. The molecule has 8 nitrogen and oxygen atoms in total. The molecule has 2 bridgehead atoms. The largest absolute Gasteiger partial charge is 0.464 e. The maximum atomic E-state index is 13.0. The number of carbonyl (C=O) groups is 4. The molecule has 1 N–H and O–H groups in total. The van der Waals surface area contributed by atoms with E-state index in [4.69, 9.17) is 14.2 Å². The van der Waals surface area contributed by atoms with Gasteiger partial charge in [-0.2, -0.15) is 0 Å². The van der Waals surface area contributed by atoms with Crippen molar-refractivity contribution in [2.45, 2.75) is 44.5 Å². The van der Waals surface area contributed by atoms with Crippen molar-refractivity contribution < 1.29 is 38.5 Å². The van der Waals surface area contributed by atoms with Crippen molar-refractivity contribution >= 4 is 29.8 Å². The standard InChI is InChI=1S/C24H24O8/c1-13-16(25)10-24(29)22(13)11-17(14(2)23(24)12-30-21(23)28)31-20(27)19(22)32-18(26)9-8-15-6-4-3-5-7-15/h3-9,13-14,17,19,29H,10-12H2,1-2H3/b9-8-/t13-,14-,17-,19+,22+,23-,24-/m1/s1. The molecule has 2 spiro atoms. The molecule has 8 heteroatoms. The SMILES string of the molecule is C[C@@H]1C(=O)C[C@@]2(O)[C@@]13C[C@@H](OC(=O)[C@@H]3OC(=O)/C=C\c1ccccc1)[C@@H](C)[C@@]21COC1=O. The van der Waals surface area contributed by atoms with Crippen LogP contribution in [0.2, 0.25) is 0 Å². The second-order valence-electron chi connectivity index (χ2n) is 9.34. The number of aliphatic hydroxyl groups is 1. The van der Waals surface area contributed by atoms with E-state index in [9.17, 15) is 24.3 Å². The molecule has 2 heterocycles. The smallest absolute Gasteiger partial charge is 0.348 e. The molecule has 1 aromatic carbocycles. The van der Waals surface area contributed by atoms with Crippen molar-refractivity contribution in [2.24, 2.45) is 22.7 Å². The lowest BCUT2D eigenvalue weighted by molar-refractivity contribution is -0.322. The van der Waals surface area contributed by atoms with E-state index in [2.05, 4.69) is 0 Å². The molecule has 4 fully saturated rings. The van der Waals surface area contributed by atoms with Gasteiger partial charge in [-0.25, -0.2) is 9.59 Å². The summed E-state index contributed by atoms with van der Waals surface area (Å²) in [6, 6.07) is 9.07. The van der Waals surface area contributed by atoms with Gasteiger partial charge in [-0.05, 0) is 18.1 Å². The van der Waals surface area contributed by atoms with Crippen LogP contribution in [-0.2, 0) is 33.4 Å². The number of carbonyl (C=O) groups excluding carboxylic acids is 4. The Morgan fingerprint density at radius 3 is 2.53 bits per heavy atom. The Kier molecular flexibility index (Phi) is 4.40. The van der Waals surface area contributed by atoms with Gasteiger partial charge in [0.2, 0.25) is 6.10 Å². The fourth-order valence-electron chi connectivity index (χ4n) is 6.38. The zero-order valence-electron chi connectivity index (χ0n) is 17.8. The normalized spacial score (nSPS) is 42.3. The summed E-state index contributed by atoms with van der Waals surface area (Å²) >= 11 is 0. The van der Waals surface area contributed by atoms with Crippen LogP contribution in [0.25, 0.3) is 6.08 Å². The van der Waals surface area contributed by atoms with E-state index in [0.29, 0.717) is 0 Å². The highest BCUT2D eigenvalue weighted by atomic mass is 16.6. The second kappa shape index (κ2) is 6.75. The minimum atomic E-state index is -1.88. The summed E-state index contributed by atoms with van der Waals surface area (Å²) in [5.41, 5.74) is -3.97. The Labute approximate surface area is 184 Å². The van der Waals surface area contributed by atoms with E-state index in [1.807, 2.05) is 18.2 Å². The first-order valence-corrected chi connectivity index (χ1v) is 10.7. The number of rotatable bonds is 3. The molecule has 0 amide bonds. The highest BCUT2D eigenvalue weighted by molar-refractivity contribution is 5.96. The number of hydrogen-bond donors (Lipinski definition) is 1. The predicted molar refractivity (Wildman–Crippen MR) is 109 cm³/mol. The monoisotopic (exact) mass is 440 g/mol. The maximum absolute atomic E-state index is 13.0. The van der Waals surface area contributed by atoms with E-state index < -0.39 is 58.4 Å². The number of ketones is 1. The van der Waals surface area contributed by atoms with Crippen LogP contribution in [0.5, 0.6) is 0 Å². The summed E-state index contributed by atoms with van der Waals surface area (Å²) in [6.07, 6.45) is 0.333. The topological polar surface area (TPSA) is 116 Å². The number of fused-ring (bicyclic) bond motifs is 2. The van der Waals surface area contributed by atoms with Crippen LogP contribution in [0.4, 0.5) is 0 Å².